The number of nitrogens with zero attached hydrogens (tertiary/aromatic N) is 1. The third kappa shape index (κ3) is 8.39. The Bertz CT molecular complexity index is 808. The number of carbonyl (C=O) groups is 2. The van der Waals surface area contributed by atoms with E-state index in [0.29, 0.717) is 0 Å². The molecule has 0 heterocycles. The number of anilines is 1. The predicted octanol–water partition coefficient (Wildman–Crippen LogP) is 6.39. The zero-order chi connectivity index (χ0) is 24.4. The Morgan fingerprint density at radius 1 is 0.935 bits per heavy atom. The molecule has 0 aliphatic heterocycles. The van der Waals surface area contributed by atoms with E-state index in [1.807, 2.05) is 33.9 Å². The van der Waals surface area contributed by atoms with Gasteiger partial charge in [-0.1, -0.05) is 20.8 Å². The van der Waals surface area contributed by atoms with Crippen LogP contribution >= 0.6 is 0 Å². The van der Waals surface area contributed by atoms with Crippen LogP contribution in [0.25, 0.3) is 0 Å². The van der Waals surface area contributed by atoms with Gasteiger partial charge in [0.25, 0.3) is 8.32 Å². The molecule has 0 atom stereocenters. The fourth-order valence-electron chi connectivity index (χ4n) is 2.05. The molecule has 0 saturated heterocycles. The van der Waals surface area contributed by atoms with Gasteiger partial charge in [0, 0.05) is 6.07 Å². The first-order valence-electron chi connectivity index (χ1n) is 10.2. The molecule has 176 valence electrons. The summed E-state index contributed by atoms with van der Waals surface area (Å²) in [4.78, 5) is 25.2. The number of halogens is 1. The van der Waals surface area contributed by atoms with Gasteiger partial charge >= 0.3 is 12.2 Å². The first-order chi connectivity index (χ1) is 13.7. The Labute approximate surface area is 186 Å². The molecule has 0 unspecified atom stereocenters. The maximum absolute atomic E-state index is 14.6. The lowest BCUT2D eigenvalue weighted by molar-refractivity contribution is 0.0425. The van der Waals surface area contributed by atoms with E-state index in [-0.39, 0.29) is 16.5 Å². The topological polar surface area (TPSA) is 77.1 Å². The average molecular weight is 457 g/mol. The molecular formula is C22H37FN2O5Si. The first kappa shape index (κ1) is 26.7. The van der Waals surface area contributed by atoms with Gasteiger partial charge in [0.05, 0.1) is 5.69 Å². The zero-order valence-corrected chi connectivity index (χ0v) is 21.6. The minimum Gasteiger partial charge on any atom is -0.541 e. The van der Waals surface area contributed by atoms with Gasteiger partial charge in [0.15, 0.2) is 5.82 Å². The summed E-state index contributed by atoms with van der Waals surface area (Å²) in [5, 5.41) is 0.729. The molecule has 1 aromatic rings. The van der Waals surface area contributed by atoms with Crippen LogP contribution < -0.4 is 14.9 Å². The van der Waals surface area contributed by atoms with Gasteiger partial charge in [-0.25, -0.2) is 19.4 Å². The Balaban J connectivity index is 3.34. The van der Waals surface area contributed by atoms with Gasteiger partial charge < -0.3 is 13.9 Å². The third-order valence-corrected chi connectivity index (χ3v) is 8.86. The van der Waals surface area contributed by atoms with Crippen LogP contribution in [0.15, 0.2) is 18.2 Å². The number of amides is 2. The Morgan fingerprint density at radius 3 is 1.90 bits per heavy atom. The van der Waals surface area contributed by atoms with E-state index in [1.165, 1.54) is 18.2 Å². The first-order valence-corrected chi connectivity index (χ1v) is 13.1. The highest BCUT2D eigenvalue weighted by atomic mass is 28.4. The van der Waals surface area contributed by atoms with Crippen LogP contribution in [0.2, 0.25) is 18.1 Å². The molecule has 7 nitrogen and oxygen atoms in total. The van der Waals surface area contributed by atoms with Gasteiger partial charge in [-0.15, -0.1) is 0 Å². The van der Waals surface area contributed by atoms with E-state index in [0.717, 1.165) is 5.01 Å². The molecule has 1 N–H and O–H groups in total. The van der Waals surface area contributed by atoms with Crippen LogP contribution in [0, 0.1) is 5.82 Å². The summed E-state index contributed by atoms with van der Waals surface area (Å²) in [6, 6.07) is 3.91. The van der Waals surface area contributed by atoms with Crippen molar-refractivity contribution in [3.05, 3.63) is 24.0 Å². The molecule has 0 aliphatic rings. The van der Waals surface area contributed by atoms with Crippen LogP contribution in [0.1, 0.15) is 62.3 Å². The molecule has 0 spiro atoms. The number of benzene rings is 1. The van der Waals surface area contributed by atoms with Gasteiger partial charge in [0.1, 0.15) is 17.0 Å². The molecule has 0 bridgehead atoms. The highest BCUT2D eigenvalue weighted by molar-refractivity contribution is 6.74. The number of hydrazine groups is 1. The monoisotopic (exact) mass is 456 g/mol. The SMILES string of the molecule is CC(C)(C)OC(=O)NN(C(=O)OC(C)(C)C)c1ccc(F)c(O[Si](C)(C)C(C)(C)C)c1. The maximum atomic E-state index is 14.6. The van der Waals surface area contributed by atoms with Crippen molar-refractivity contribution in [3.63, 3.8) is 0 Å². The molecule has 1 rings (SSSR count). The van der Waals surface area contributed by atoms with Crippen LogP contribution in [0.4, 0.5) is 19.7 Å². The van der Waals surface area contributed by atoms with Crippen LogP contribution in [-0.4, -0.2) is 31.7 Å². The summed E-state index contributed by atoms with van der Waals surface area (Å²) in [6.07, 6.45) is -1.70. The molecule has 0 aliphatic carbocycles. The highest BCUT2D eigenvalue weighted by Gasteiger charge is 2.39. The number of rotatable bonds is 3. The second kappa shape index (κ2) is 9.06. The van der Waals surface area contributed by atoms with E-state index < -0.39 is 37.5 Å². The lowest BCUT2D eigenvalue weighted by atomic mass is 10.2. The Kier molecular flexibility index (Phi) is 7.81. The molecule has 1 aromatic carbocycles. The van der Waals surface area contributed by atoms with Gasteiger partial charge in [0.2, 0.25) is 0 Å². The number of hydrogen-bond donors (Lipinski definition) is 1. The fraction of sp³-hybridized carbons (Fsp3) is 0.636. The minimum atomic E-state index is -2.35. The summed E-state index contributed by atoms with van der Waals surface area (Å²) in [7, 11) is -2.35. The molecule has 0 radical (unpaired) electrons. The highest BCUT2D eigenvalue weighted by Crippen LogP contribution is 2.38. The van der Waals surface area contributed by atoms with Gasteiger partial charge in [-0.2, -0.15) is 5.01 Å². The second-order valence-corrected chi connectivity index (χ2v) is 15.6. The number of ether oxygens (including phenoxy) is 2. The number of hydrogen-bond acceptors (Lipinski definition) is 5. The summed E-state index contributed by atoms with van der Waals surface area (Å²) in [6.45, 7) is 20.3. The molecule has 2 amide bonds. The summed E-state index contributed by atoms with van der Waals surface area (Å²) in [5.74, 6) is -0.557. The van der Waals surface area contributed by atoms with Gasteiger partial charge in [-0.05, 0) is 71.8 Å². The van der Waals surface area contributed by atoms with E-state index in [1.54, 1.807) is 41.5 Å². The van der Waals surface area contributed by atoms with Crippen molar-refractivity contribution in [2.24, 2.45) is 0 Å². The van der Waals surface area contributed by atoms with E-state index >= 15 is 0 Å². The smallest absolute Gasteiger partial charge is 0.434 e. The average Bonchev–Trinajstić information content (AvgIpc) is 2.50. The molecule has 0 fully saturated rings. The predicted molar refractivity (Wildman–Crippen MR) is 122 cm³/mol. The van der Waals surface area contributed by atoms with E-state index in [4.69, 9.17) is 13.9 Å². The quantitative estimate of drug-likeness (QED) is 0.421. The molecule has 31 heavy (non-hydrogen) atoms. The Morgan fingerprint density at radius 2 is 1.45 bits per heavy atom. The minimum absolute atomic E-state index is 0.00337. The fourth-order valence-corrected chi connectivity index (χ4v) is 3.07. The van der Waals surface area contributed by atoms with Crippen LogP contribution in [0.3, 0.4) is 0 Å². The Hall–Kier alpha value is -2.29. The zero-order valence-electron chi connectivity index (χ0n) is 20.6. The molecule has 0 aromatic heterocycles. The standard InChI is InChI=1S/C22H37FN2O5Si/c1-20(2,3)28-18(26)24-25(19(27)29-21(4,5)6)15-12-13-16(23)17(14-15)30-31(10,11)22(7,8)9/h12-14H,1-11H3,(H,24,26). The summed E-state index contributed by atoms with van der Waals surface area (Å²) in [5.41, 5.74) is 0.970. The lowest BCUT2D eigenvalue weighted by Gasteiger charge is -2.36. The summed E-state index contributed by atoms with van der Waals surface area (Å²) < 4.78 is 31.3. The molecule has 9 heteroatoms. The molecule has 0 saturated carbocycles. The van der Waals surface area contributed by atoms with Crippen molar-refractivity contribution in [1.82, 2.24) is 5.43 Å². The van der Waals surface area contributed by atoms with E-state index in [2.05, 4.69) is 5.43 Å². The maximum Gasteiger partial charge on any atom is 0.434 e. The molecular weight excluding hydrogens is 419 g/mol. The van der Waals surface area contributed by atoms with Crippen molar-refractivity contribution >= 4 is 26.2 Å². The van der Waals surface area contributed by atoms with Crippen molar-refractivity contribution in [1.29, 1.82) is 0 Å². The lowest BCUT2D eigenvalue weighted by Crippen LogP contribution is -2.50. The normalized spacial score (nSPS) is 12.8. The van der Waals surface area contributed by atoms with E-state index in [9.17, 15) is 14.0 Å². The third-order valence-electron chi connectivity index (χ3n) is 4.52. The summed E-state index contributed by atoms with van der Waals surface area (Å²) >= 11 is 0. The van der Waals surface area contributed by atoms with Crippen molar-refractivity contribution < 1.29 is 27.9 Å². The van der Waals surface area contributed by atoms with Crippen molar-refractivity contribution in [2.45, 2.75) is 91.6 Å². The van der Waals surface area contributed by atoms with Crippen molar-refractivity contribution in [2.75, 3.05) is 5.01 Å². The van der Waals surface area contributed by atoms with Gasteiger partial charge in [-0.3, -0.25) is 0 Å². The largest absolute Gasteiger partial charge is 0.541 e. The second-order valence-electron chi connectivity index (χ2n) is 10.9. The van der Waals surface area contributed by atoms with Crippen LogP contribution in [0.5, 0.6) is 5.75 Å². The number of nitrogens with one attached hydrogen (secondary N) is 1. The van der Waals surface area contributed by atoms with Crippen LogP contribution in [-0.2, 0) is 9.47 Å². The van der Waals surface area contributed by atoms with Crippen molar-refractivity contribution in [3.8, 4) is 5.75 Å². The number of carbonyl (C=O) groups excluding carboxylic acids is 2.